The average Bonchev–Trinajstić information content (AvgIpc) is 3.05. The number of rotatable bonds is 2. The molecule has 3 nitrogen and oxygen atoms in total. The number of pyridine rings is 1. The molecule has 2 aromatic heterocycles. The molecular formula is C25H31N2OSi+. The van der Waals surface area contributed by atoms with Crippen LogP contribution in [0.1, 0.15) is 64.7 Å². The van der Waals surface area contributed by atoms with Gasteiger partial charge in [0.15, 0.2) is 16.6 Å². The van der Waals surface area contributed by atoms with Crippen LogP contribution in [0.25, 0.3) is 27.3 Å². The van der Waals surface area contributed by atoms with Gasteiger partial charge in [-0.25, -0.2) is 4.57 Å². The smallest absolute Gasteiger partial charge is 0.324 e. The summed E-state index contributed by atoms with van der Waals surface area (Å²) in [6.45, 7) is 7.51. The first-order valence-electron chi connectivity index (χ1n) is 13.3. The molecule has 0 saturated carbocycles. The highest BCUT2D eigenvalue weighted by Gasteiger charge is 2.46. The third-order valence-corrected chi connectivity index (χ3v) is 8.34. The van der Waals surface area contributed by atoms with Crippen molar-refractivity contribution in [2.75, 3.05) is 0 Å². The summed E-state index contributed by atoms with van der Waals surface area (Å²) in [5.41, 5.74) is 3.78. The lowest BCUT2D eigenvalue weighted by Crippen LogP contribution is -2.62. The van der Waals surface area contributed by atoms with Gasteiger partial charge in [0.05, 0.1) is 11.4 Å². The van der Waals surface area contributed by atoms with Gasteiger partial charge < -0.3 is 4.43 Å². The molecule has 4 heteroatoms. The molecule has 1 aliphatic heterocycles. The summed E-state index contributed by atoms with van der Waals surface area (Å²) in [7, 11) is -3.53. The fraction of sp³-hybridized carbons (Fsp3) is 0.400. The molecule has 3 heterocycles. The summed E-state index contributed by atoms with van der Waals surface area (Å²) >= 11 is 0. The Kier molecular flexibility index (Phi) is 2.64. The van der Waals surface area contributed by atoms with Crippen LogP contribution in [0.4, 0.5) is 0 Å². The molecule has 0 radical (unpaired) electrons. The van der Waals surface area contributed by atoms with Crippen molar-refractivity contribution in [1.82, 2.24) is 4.57 Å². The van der Waals surface area contributed by atoms with E-state index in [1.807, 2.05) is 23.5 Å². The Morgan fingerprint density at radius 3 is 2.55 bits per heavy atom. The summed E-state index contributed by atoms with van der Waals surface area (Å²) in [6, 6.07) is 9.35. The minimum absolute atomic E-state index is 0.0572. The topological polar surface area (TPSA) is 18.3 Å². The number of hydrogen-bond acceptors (Lipinski definition) is 1. The first-order valence-corrected chi connectivity index (χ1v) is 12.7. The molecule has 0 aliphatic carbocycles. The predicted octanol–water partition coefficient (Wildman–Crippen LogP) is 5.66. The number of benzene rings is 2. The zero-order valence-corrected chi connectivity index (χ0v) is 18.8. The Morgan fingerprint density at radius 1 is 1.10 bits per heavy atom. The van der Waals surface area contributed by atoms with Crippen molar-refractivity contribution < 1.29 is 17.1 Å². The normalized spacial score (nSPS) is 22.6. The van der Waals surface area contributed by atoms with E-state index >= 15 is 0 Å². The number of imidazole rings is 1. The molecule has 1 unspecified atom stereocenters. The van der Waals surface area contributed by atoms with Gasteiger partial charge in [-0.05, 0) is 56.8 Å². The van der Waals surface area contributed by atoms with Gasteiger partial charge in [0.25, 0.3) is 5.65 Å². The molecule has 2 aromatic carbocycles. The molecular weight excluding hydrogens is 372 g/mol. The lowest BCUT2D eigenvalue weighted by molar-refractivity contribution is -0.462. The second-order valence-corrected chi connectivity index (χ2v) is 11.7. The van der Waals surface area contributed by atoms with Crippen LogP contribution in [0.5, 0.6) is 5.75 Å². The van der Waals surface area contributed by atoms with Gasteiger partial charge in [0, 0.05) is 25.9 Å². The minimum atomic E-state index is -3.53. The highest BCUT2D eigenvalue weighted by molar-refractivity contribution is 6.84. The quantitative estimate of drug-likeness (QED) is 0.237. The Labute approximate surface area is 182 Å². The van der Waals surface area contributed by atoms with E-state index in [0.717, 1.165) is 27.7 Å². The van der Waals surface area contributed by atoms with E-state index in [4.69, 9.17) is 12.7 Å². The van der Waals surface area contributed by atoms with Crippen molar-refractivity contribution in [1.29, 1.82) is 0 Å². The number of nitrogens with zero attached hydrogens (tertiary/aromatic N) is 2. The first-order chi connectivity index (χ1) is 16.1. The largest absolute Gasteiger partial charge is 0.533 e. The Balaban J connectivity index is 2.24. The molecule has 150 valence electrons. The zero-order valence-electron chi connectivity index (χ0n) is 23.8. The molecule has 0 spiro atoms. The summed E-state index contributed by atoms with van der Waals surface area (Å²) in [5, 5.41) is 3.13. The second kappa shape index (κ2) is 5.85. The molecule has 0 bridgehead atoms. The number of aromatic nitrogens is 2. The molecule has 1 aliphatic rings. The molecule has 29 heavy (non-hydrogen) atoms. The van der Waals surface area contributed by atoms with Crippen molar-refractivity contribution in [3.63, 3.8) is 0 Å². The number of fused-ring (bicyclic) bond motifs is 3. The van der Waals surface area contributed by atoms with Gasteiger partial charge in [-0.3, -0.25) is 0 Å². The van der Waals surface area contributed by atoms with Crippen molar-refractivity contribution in [2.24, 2.45) is 0 Å². The van der Waals surface area contributed by atoms with Gasteiger partial charge in [0.1, 0.15) is 5.69 Å². The monoisotopic (exact) mass is 409 g/mol. The van der Waals surface area contributed by atoms with Gasteiger partial charge in [-0.1, -0.05) is 38.1 Å². The highest BCUT2D eigenvalue weighted by Crippen LogP contribution is 2.40. The third kappa shape index (κ3) is 2.27. The molecule has 5 rings (SSSR count). The molecule has 0 amide bonds. The standard InChI is InChI=1S/C25H31N2OSi/c1-14(2)18-10-9-11-19-21-16(5)12-13-20-23(21)27-24(22(18)19)26(15(3)4)17(6)25(27)29(7,8)28-20/h9-15H,1-8H3/q+1/i5D3,7D3. The lowest BCUT2D eigenvalue weighted by Gasteiger charge is -2.27. The van der Waals surface area contributed by atoms with E-state index in [-0.39, 0.29) is 17.5 Å². The summed E-state index contributed by atoms with van der Waals surface area (Å²) in [4.78, 5) is 0. The van der Waals surface area contributed by atoms with Crippen LogP contribution in [-0.4, -0.2) is 12.9 Å². The maximum atomic E-state index is 8.51. The Bertz CT molecular complexity index is 1530. The van der Waals surface area contributed by atoms with Crippen LogP contribution in [0, 0.1) is 13.8 Å². The lowest BCUT2D eigenvalue weighted by atomic mass is 9.93. The van der Waals surface area contributed by atoms with E-state index in [2.05, 4.69) is 38.3 Å². The van der Waals surface area contributed by atoms with E-state index in [1.165, 1.54) is 0 Å². The molecule has 0 fully saturated rings. The maximum absolute atomic E-state index is 8.51. The third-order valence-electron chi connectivity index (χ3n) is 6.23. The maximum Gasteiger partial charge on any atom is 0.324 e. The van der Waals surface area contributed by atoms with Crippen LogP contribution in [0.15, 0.2) is 30.3 Å². The highest BCUT2D eigenvalue weighted by atomic mass is 28.4. The van der Waals surface area contributed by atoms with Gasteiger partial charge in [-0.2, -0.15) is 4.40 Å². The van der Waals surface area contributed by atoms with Crippen LogP contribution in [0.3, 0.4) is 0 Å². The molecule has 0 saturated heterocycles. The van der Waals surface area contributed by atoms with Gasteiger partial charge in [0.2, 0.25) is 0 Å². The fourth-order valence-corrected chi connectivity index (χ4v) is 7.37. The Hall–Kier alpha value is -2.33. The van der Waals surface area contributed by atoms with Crippen molar-refractivity contribution in [3.05, 3.63) is 47.2 Å². The zero-order chi connectivity index (χ0) is 25.8. The van der Waals surface area contributed by atoms with E-state index in [0.29, 0.717) is 22.0 Å². The van der Waals surface area contributed by atoms with Crippen LogP contribution < -0.4 is 14.1 Å². The molecule has 4 aromatic rings. The molecule has 0 N–H and O–H groups in total. The minimum Gasteiger partial charge on any atom is -0.533 e. The predicted molar refractivity (Wildman–Crippen MR) is 124 cm³/mol. The van der Waals surface area contributed by atoms with Crippen molar-refractivity contribution in [2.45, 2.75) is 66.5 Å². The van der Waals surface area contributed by atoms with E-state index in [1.54, 1.807) is 18.7 Å². The van der Waals surface area contributed by atoms with Crippen LogP contribution in [0.2, 0.25) is 13.0 Å². The Morgan fingerprint density at radius 2 is 1.90 bits per heavy atom. The van der Waals surface area contributed by atoms with Crippen molar-refractivity contribution >= 4 is 41.0 Å². The summed E-state index contributed by atoms with van der Waals surface area (Å²) < 4.78 is 61.2. The summed E-state index contributed by atoms with van der Waals surface area (Å²) in [5.74, 6) is 0.627. The van der Waals surface area contributed by atoms with Crippen LogP contribution >= 0.6 is 0 Å². The van der Waals surface area contributed by atoms with Crippen molar-refractivity contribution in [3.8, 4) is 5.75 Å². The van der Waals surface area contributed by atoms with Gasteiger partial charge >= 0.3 is 8.32 Å². The molecule has 1 atom stereocenters. The van der Waals surface area contributed by atoms with E-state index < -0.39 is 21.6 Å². The number of hydrogen-bond donors (Lipinski definition) is 0. The van der Waals surface area contributed by atoms with Gasteiger partial charge in [-0.15, -0.1) is 0 Å². The van der Waals surface area contributed by atoms with Crippen LogP contribution in [-0.2, 0) is 0 Å². The average molecular weight is 410 g/mol. The first kappa shape index (κ1) is 13.1. The summed E-state index contributed by atoms with van der Waals surface area (Å²) in [6.07, 6.45) is 0. The second-order valence-electron chi connectivity index (χ2n) is 8.95. The van der Waals surface area contributed by atoms with E-state index in [9.17, 15) is 0 Å². The number of aryl methyl sites for hydroxylation is 1. The fourth-order valence-electron chi connectivity index (χ4n) is 5.22. The SMILES string of the molecule is [2H]C([2H])([2H])c1ccc2c3c1c1cccc(C(C)C)c1c1n(C(C)C)c(C)c([n+]31)[Si](C)(C([2H])([2H])[2H])O2.